The predicted octanol–water partition coefficient (Wildman–Crippen LogP) is 1.61. The van der Waals surface area contributed by atoms with Crippen molar-refractivity contribution in [1.82, 2.24) is 20.1 Å². The Morgan fingerprint density at radius 2 is 2.12 bits per heavy atom. The minimum atomic E-state index is 0.906. The number of aromatic nitrogens is 3. The van der Waals surface area contributed by atoms with Gasteiger partial charge < -0.3 is 9.88 Å². The number of hydrogen-bond donors (Lipinski definition) is 1. The zero-order valence-corrected chi connectivity index (χ0v) is 10.9. The number of piperidine rings is 1. The van der Waals surface area contributed by atoms with E-state index in [0.29, 0.717) is 0 Å². The quantitative estimate of drug-likeness (QED) is 0.812. The molecule has 5 heteroatoms. The van der Waals surface area contributed by atoms with Crippen molar-refractivity contribution in [1.29, 1.82) is 0 Å². The second-order valence-corrected chi connectivity index (χ2v) is 5.48. The molecule has 0 bridgehead atoms. The van der Waals surface area contributed by atoms with Crippen molar-refractivity contribution in [2.75, 3.05) is 18.8 Å². The van der Waals surface area contributed by atoms with Crippen molar-refractivity contribution < 1.29 is 0 Å². The van der Waals surface area contributed by atoms with E-state index in [-0.39, 0.29) is 0 Å². The first-order valence-corrected chi connectivity index (χ1v) is 6.95. The topological polar surface area (TPSA) is 42.7 Å². The molecule has 0 radical (unpaired) electrons. The lowest BCUT2D eigenvalue weighted by molar-refractivity contribution is 0.367. The van der Waals surface area contributed by atoms with Crippen molar-refractivity contribution in [2.24, 2.45) is 13.0 Å². The van der Waals surface area contributed by atoms with Gasteiger partial charge in [0.25, 0.3) is 0 Å². The number of nitrogens with one attached hydrogen (secondary N) is 1. The predicted molar refractivity (Wildman–Crippen MR) is 66.7 cm³/mol. The molecular formula is C11H20N4S. The Balaban J connectivity index is 1.73. The van der Waals surface area contributed by atoms with E-state index in [0.717, 1.165) is 22.7 Å². The van der Waals surface area contributed by atoms with Crippen LogP contribution < -0.4 is 5.32 Å². The molecule has 0 aromatic carbocycles. The van der Waals surface area contributed by atoms with Crippen LogP contribution >= 0.6 is 11.8 Å². The van der Waals surface area contributed by atoms with Gasteiger partial charge in [-0.05, 0) is 45.2 Å². The summed E-state index contributed by atoms with van der Waals surface area (Å²) in [5.74, 6) is 3.06. The van der Waals surface area contributed by atoms with Crippen molar-refractivity contribution >= 4 is 11.8 Å². The van der Waals surface area contributed by atoms with Crippen LogP contribution in [0.25, 0.3) is 0 Å². The highest BCUT2D eigenvalue weighted by molar-refractivity contribution is 7.99. The zero-order chi connectivity index (χ0) is 11.4. The van der Waals surface area contributed by atoms with Gasteiger partial charge in [-0.15, -0.1) is 10.2 Å². The first kappa shape index (κ1) is 11.9. The summed E-state index contributed by atoms with van der Waals surface area (Å²) in [7, 11) is 2.03. The van der Waals surface area contributed by atoms with Gasteiger partial charge in [-0.3, -0.25) is 0 Å². The monoisotopic (exact) mass is 240 g/mol. The molecule has 16 heavy (non-hydrogen) atoms. The van der Waals surface area contributed by atoms with Gasteiger partial charge in [0, 0.05) is 12.8 Å². The third kappa shape index (κ3) is 2.98. The molecule has 0 unspecified atom stereocenters. The molecule has 2 rings (SSSR count). The Hall–Kier alpha value is -0.550. The summed E-state index contributed by atoms with van der Waals surface area (Å²) in [6, 6.07) is 0. The fourth-order valence-corrected chi connectivity index (χ4v) is 3.06. The van der Waals surface area contributed by atoms with Crippen LogP contribution in [0.15, 0.2) is 5.16 Å². The van der Waals surface area contributed by atoms with Crippen LogP contribution in [0.2, 0.25) is 0 Å². The molecule has 1 fully saturated rings. The van der Waals surface area contributed by atoms with Gasteiger partial charge in [-0.1, -0.05) is 11.8 Å². The number of nitrogens with zero attached hydrogens (tertiary/aromatic N) is 3. The van der Waals surface area contributed by atoms with Crippen LogP contribution in [0.4, 0.5) is 0 Å². The SMILES string of the molecule is Cc1nnc(SCCC2CCNCC2)n1C. The molecule has 0 amide bonds. The molecule has 1 aromatic heterocycles. The van der Waals surface area contributed by atoms with E-state index in [9.17, 15) is 0 Å². The molecule has 1 saturated heterocycles. The van der Waals surface area contributed by atoms with Gasteiger partial charge in [0.15, 0.2) is 5.16 Å². The van der Waals surface area contributed by atoms with Gasteiger partial charge in [-0.25, -0.2) is 0 Å². The molecule has 90 valence electrons. The Morgan fingerprint density at radius 1 is 1.38 bits per heavy atom. The molecule has 1 aromatic rings. The van der Waals surface area contributed by atoms with Crippen LogP contribution in [-0.4, -0.2) is 33.6 Å². The summed E-state index contributed by atoms with van der Waals surface area (Å²) in [4.78, 5) is 0. The first-order chi connectivity index (χ1) is 7.77. The number of rotatable bonds is 4. The minimum Gasteiger partial charge on any atom is -0.317 e. The fourth-order valence-electron chi connectivity index (χ4n) is 2.00. The highest BCUT2D eigenvalue weighted by Crippen LogP contribution is 2.22. The summed E-state index contributed by atoms with van der Waals surface area (Å²) < 4.78 is 2.06. The second-order valence-electron chi connectivity index (χ2n) is 4.42. The molecule has 0 spiro atoms. The van der Waals surface area contributed by atoms with Crippen LogP contribution in [0.1, 0.15) is 25.1 Å². The lowest BCUT2D eigenvalue weighted by atomic mass is 9.96. The number of hydrogen-bond acceptors (Lipinski definition) is 4. The maximum absolute atomic E-state index is 4.16. The molecule has 1 N–H and O–H groups in total. The molecule has 1 aliphatic heterocycles. The van der Waals surface area contributed by atoms with Gasteiger partial charge >= 0.3 is 0 Å². The highest BCUT2D eigenvalue weighted by atomic mass is 32.2. The lowest BCUT2D eigenvalue weighted by Gasteiger charge is -2.21. The second kappa shape index (κ2) is 5.68. The van der Waals surface area contributed by atoms with E-state index in [1.165, 1.54) is 32.4 Å². The standard InChI is InChI=1S/C11H20N4S/c1-9-13-14-11(15(9)2)16-8-5-10-3-6-12-7-4-10/h10,12H,3-8H2,1-2H3. The summed E-state index contributed by atoms with van der Waals surface area (Å²) in [6.45, 7) is 4.38. The molecule has 4 nitrogen and oxygen atoms in total. The Labute approximate surface area is 101 Å². The third-order valence-electron chi connectivity index (χ3n) is 3.27. The van der Waals surface area contributed by atoms with Crippen molar-refractivity contribution in [3.63, 3.8) is 0 Å². The van der Waals surface area contributed by atoms with Crippen LogP contribution in [0, 0.1) is 12.8 Å². The van der Waals surface area contributed by atoms with E-state index in [2.05, 4.69) is 20.1 Å². The summed E-state index contributed by atoms with van der Waals surface area (Å²) in [5, 5.41) is 12.7. The van der Waals surface area contributed by atoms with Crippen molar-refractivity contribution in [3.05, 3.63) is 5.82 Å². The largest absolute Gasteiger partial charge is 0.317 e. The third-order valence-corrected chi connectivity index (χ3v) is 4.32. The van der Waals surface area contributed by atoms with Gasteiger partial charge in [0.05, 0.1) is 0 Å². The summed E-state index contributed by atoms with van der Waals surface area (Å²) in [5.41, 5.74) is 0. The van der Waals surface area contributed by atoms with Gasteiger partial charge in [0.1, 0.15) is 5.82 Å². The molecule has 0 atom stereocenters. The van der Waals surface area contributed by atoms with Crippen LogP contribution in [0.5, 0.6) is 0 Å². The molecule has 1 aliphatic rings. The first-order valence-electron chi connectivity index (χ1n) is 5.97. The Bertz CT molecular complexity index is 331. The normalized spacial score (nSPS) is 17.9. The molecule has 0 aliphatic carbocycles. The summed E-state index contributed by atoms with van der Waals surface area (Å²) in [6.07, 6.45) is 3.97. The maximum atomic E-state index is 4.16. The van der Waals surface area contributed by atoms with E-state index in [1.54, 1.807) is 0 Å². The zero-order valence-electron chi connectivity index (χ0n) is 10.1. The Kier molecular flexibility index (Phi) is 4.23. The average Bonchev–Trinajstić information content (AvgIpc) is 2.62. The highest BCUT2D eigenvalue weighted by Gasteiger charge is 2.13. The molecule has 2 heterocycles. The van der Waals surface area contributed by atoms with Crippen LogP contribution in [0.3, 0.4) is 0 Å². The van der Waals surface area contributed by atoms with Gasteiger partial charge in [-0.2, -0.15) is 0 Å². The fraction of sp³-hybridized carbons (Fsp3) is 0.818. The van der Waals surface area contributed by atoms with E-state index < -0.39 is 0 Å². The number of aryl methyl sites for hydroxylation is 1. The lowest BCUT2D eigenvalue weighted by Crippen LogP contribution is -2.27. The van der Waals surface area contributed by atoms with Crippen molar-refractivity contribution in [2.45, 2.75) is 31.3 Å². The Morgan fingerprint density at radius 3 is 2.75 bits per heavy atom. The minimum absolute atomic E-state index is 0.906. The van der Waals surface area contributed by atoms with Gasteiger partial charge in [0.2, 0.25) is 0 Å². The summed E-state index contributed by atoms with van der Waals surface area (Å²) >= 11 is 1.83. The van der Waals surface area contributed by atoms with Crippen LogP contribution in [-0.2, 0) is 7.05 Å². The smallest absolute Gasteiger partial charge is 0.190 e. The average molecular weight is 240 g/mol. The molecular weight excluding hydrogens is 220 g/mol. The maximum Gasteiger partial charge on any atom is 0.190 e. The van der Waals surface area contributed by atoms with E-state index in [4.69, 9.17) is 0 Å². The van der Waals surface area contributed by atoms with E-state index in [1.807, 2.05) is 25.7 Å². The van der Waals surface area contributed by atoms with E-state index >= 15 is 0 Å². The number of thioether (sulfide) groups is 1. The molecule has 0 saturated carbocycles. The van der Waals surface area contributed by atoms with Crippen molar-refractivity contribution in [3.8, 4) is 0 Å².